The Morgan fingerprint density at radius 3 is 1.12 bits per heavy atom. The molecule has 0 heterocycles. The second kappa shape index (κ2) is 47.0. The normalized spacial score (nSPS) is 13.8. The van der Waals surface area contributed by atoms with E-state index in [-0.39, 0.29) is 18.9 Å². The van der Waals surface area contributed by atoms with Crippen LogP contribution in [0.5, 0.6) is 0 Å². The van der Waals surface area contributed by atoms with Crippen LogP contribution in [0.25, 0.3) is 0 Å². The third-order valence-corrected chi connectivity index (χ3v) is 11.3. The van der Waals surface area contributed by atoms with Gasteiger partial charge in [-0.05, 0) is 70.6 Å². The molecule has 0 fully saturated rings. The van der Waals surface area contributed by atoms with E-state index in [4.69, 9.17) is 0 Å². The first kappa shape index (κ1) is 55.3. The highest BCUT2D eigenvalue weighted by Gasteiger charge is 2.20. The zero-order chi connectivity index (χ0) is 41.5. The molecule has 4 N–H and O–H groups in total. The number of carbonyl (C=O) groups excluding carboxylic acids is 1. The summed E-state index contributed by atoms with van der Waals surface area (Å²) in [6, 6.07) is -0.769. The molecule has 57 heavy (non-hydrogen) atoms. The van der Waals surface area contributed by atoms with Gasteiger partial charge in [0.1, 0.15) is 0 Å². The molecule has 5 heteroatoms. The molecule has 3 unspecified atom stereocenters. The number of aliphatic hydroxyl groups is 3. The number of rotatable bonds is 45. The highest BCUT2D eigenvalue weighted by molar-refractivity contribution is 5.76. The predicted molar refractivity (Wildman–Crippen MR) is 250 cm³/mol. The Kier molecular flexibility index (Phi) is 45.6. The molecule has 1 amide bonds. The molecule has 0 saturated heterocycles. The maximum Gasteiger partial charge on any atom is 0.222 e. The van der Waals surface area contributed by atoms with Gasteiger partial charge in [-0.15, -0.1) is 0 Å². The fourth-order valence-corrected chi connectivity index (χ4v) is 7.48. The largest absolute Gasteiger partial charge is 0.394 e. The van der Waals surface area contributed by atoms with Crippen molar-refractivity contribution in [2.45, 2.75) is 270 Å². The number of aliphatic hydroxyl groups excluding tert-OH is 3. The Hall–Kier alpha value is -1.69. The van der Waals surface area contributed by atoms with E-state index in [0.29, 0.717) is 6.42 Å². The summed E-state index contributed by atoms with van der Waals surface area (Å²) in [5, 5.41) is 33.3. The first-order valence-corrected chi connectivity index (χ1v) is 24.9. The quantitative estimate of drug-likeness (QED) is 0.0365. The summed E-state index contributed by atoms with van der Waals surface area (Å²) in [4.78, 5) is 12.5. The van der Waals surface area contributed by atoms with E-state index in [1.807, 2.05) is 6.08 Å². The van der Waals surface area contributed by atoms with E-state index < -0.39 is 18.2 Å². The molecule has 0 saturated carbocycles. The van der Waals surface area contributed by atoms with Gasteiger partial charge in [0.15, 0.2) is 0 Å². The fraction of sp³-hybridized carbons (Fsp3) is 0.827. The van der Waals surface area contributed by atoms with Gasteiger partial charge in [0, 0.05) is 0 Å². The van der Waals surface area contributed by atoms with Gasteiger partial charge in [-0.25, -0.2) is 0 Å². The molecule has 0 aliphatic heterocycles. The van der Waals surface area contributed by atoms with Gasteiger partial charge < -0.3 is 20.6 Å². The minimum Gasteiger partial charge on any atom is -0.394 e. The molecule has 0 bridgehead atoms. The summed E-state index contributed by atoms with van der Waals surface area (Å²) in [6.07, 6.45) is 61.3. The summed E-state index contributed by atoms with van der Waals surface area (Å²) in [7, 11) is 0. The van der Waals surface area contributed by atoms with Crippen molar-refractivity contribution in [2.75, 3.05) is 6.61 Å². The Morgan fingerprint density at radius 1 is 0.439 bits per heavy atom. The van der Waals surface area contributed by atoms with Gasteiger partial charge >= 0.3 is 0 Å². The standard InChI is InChI=1S/C52H97NO4/c1-3-5-7-9-11-13-15-17-19-21-22-23-24-25-26-27-28-30-31-33-35-37-39-41-43-45-49(55)47-52(57)53-50(48-54)51(56)46-44-42-40-38-36-34-32-29-20-18-16-14-12-10-8-6-4-2/h20,25-26,29,36,38,44,46,49-51,54-56H,3-19,21-24,27-28,30-35,37,39-43,45,47-48H2,1-2H3,(H,53,57)/b26-25-,29-20+,38-36+,46-44+. The molecule has 0 aromatic heterocycles. The van der Waals surface area contributed by atoms with E-state index >= 15 is 0 Å². The molecule has 0 aliphatic carbocycles. The highest BCUT2D eigenvalue weighted by atomic mass is 16.3. The molecule has 0 radical (unpaired) electrons. The lowest BCUT2D eigenvalue weighted by Gasteiger charge is -2.21. The first-order valence-electron chi connectivity index (χ1n) is 24.9. The second-order valence-electron chi connectivity index (χ2n) is 17.0. The molecular formula is C52H97NO4. The van der Waals surface area contributed by atoms with Crippen LogP contribution in [0.3, 0.4) is 0 Å². The van der Waals surface area contributed by atoms with Gasteiger partial charge in [0.05, 0.1) is 31.3 Å². The first-order chi connectivity index (χ1) is 28.0. The summed E-state index contributed by atoms with van der Waals surface area (Å²) >= 11 is 0. The van der Waals surface area contributed by atoms with Crippen LogP contribution in [0.2, 0.25) is 0 Å². The summed E-state index contributed by atoms with van der Waals surface area (Å²) in [5.74, 6) is -0.330. The number of hydrogen-bond donors (Lipinski definition) is 4. The van der Waals surface area contributed by atoms with Gasteiger partial charge in [0.25, 0.3) is 0 Å². The van der Waals surface area contributed by atoms with Crippen LogP contribution in [-0.4, -0.2) is 46.1 Å². The molecule has 334 valence electrons. The number of unbranched alkanes of at least 4 members (excludes halogenated alkanes) is 30. The number of carbonyl (C=O) groups is 1. The third-order valence-electron chi connectivity index (χ3n) is 11.3. The predicted octanol–water partition coefficient (Wildman–Crippen LogP) is 14.9. The van der Waals surface area contributed by atoms with Crippen LogP contribution in [0.15, 0.2) is 48.6 Å². The van der Waals surface area contributed by atoms with Gasteiger partial charge in [0.2, 0.25) is 5.91 Å². The van der Waals surface area contributed by atoms with Crippen molar-refractivity contribution in [3.8, 4) is 0 Å². The van der Waals surface area contributed by atoms with E-state index in [1.165, 1.54) is 186 Å². The van der Waals surface area contributed by atoms with Crippen LogP contribution >= 0.6 is 0 Å². The summed E-state index contributed by atoms with van der Waals surface area (Å²) < 4.78 is 0. The maximum absolute atomic E-state index is 12.5. The second-order valence-corrected chi connectivity index (χ2v) is 17.0. The molecular weight excluding hydrogens is 703 g/mol. The average Bonchev–Trinajstić information content (AvgIpc) is 3.20. The molecule has 0 aromatic rings. The monoisotopic (exact) mass is 800 g/mol. The van der Waals surface area contributed by atoms with Gasteiger partial charge in [-0.2, -0.15) is 0 Å². The zero-order valence-electron chi connectivity index (χ0n) is 38.0. The third kappa shape index (κ3) is 43.7. The van der Waals surface area contributed by atoms with Crippen LogP contribution in [-0.2, 0) is 4.79 Å². The molecule has 0 spiro atoms. The van der Waals surface area contributed by atoms with Crippen molar-refractivity contribution in [1.82, 2.24) is 5.32 Å². The molecule has 3 atom stereocenters. The highest BCUT2D eigenvalue weighted by Crippen LogP contribution is 2.15. The van der Waals surface area contributed by atoms with E-state index in [1.54, 1.807) is 6.08 Å². The Bertz CT molecular complexity index is 927. The molecule has 0 rings (SSSR count). The van der Waals surface area contributed by atoms with Crippen molar-refractivity contribution >= 4 is 5.91 Å². The van der Waals surface area contributed by atoms with Crippen LogP contribution < -0.4 is 5.32 Å². The van der Waals surface area contributed by atoms with Crippen LogP contribution in [0.1, 0.15) is 251 Å². The number of hydrogen-bond acceptors (Lipinski definition) is 4. The lowest BCUT2D eigenvalue weighted by Crippen LogP contribution is -2.45. The SMILES string of the molecule is CCCCCCCCC/C=C/CC/C=C/CC/C=C/C(O)C(CO)NC(=O)CC(O)CCCCCCCCCCC/C=C\CCCCCCCCCCCCCC. The van der Waals surface area contributed by atoms with E-state index in [9.17, 15) is 20.1 Å². The molecule has 5 nitrogen and oxygen atoms in total. The van der Waals surface area contributed by atoms with E-state index in [0.717, 1.165) is 38.5 Å². The van der Waals surface area contributed by atoms with Crippen LogP contribution in [0, 0.1) is 0 Å². The Labute approximate surface area is 355 Å². The van der Waals surface area contributed by atoms with Gasteiger partial charge in [-0.3, -0.25) is 4.79 Å². The minimum absolute atomic E-state index is 0.000627. The van der Waals surface area contributed by atoms with Crippen molar-refractivity contribution < 1.29 is 20.1 Å². The van der Waals surface area contributed by atoms with Crippen molar-refractivity contribution in [2.24, 2.45) is 0 Å². The number of amides is 1. The Morgan fingerprint density at radius 2 is 0.754 bits per heavy atom. The zero-order valence-corrected chi connectivity index (χ0v) is 38.0. The number of nitrogens with one attached hydrogen (secondary N) is 1. The van der Waals surface area contributed by atoms with E-state index in [2.05, 4.69) is 55.6 Å². The summed E-state index contributed by atoms with van der Waals surface area (Å²) in [5.41, 5.74) is 0. The topological polar surface area (TPSA) is 89.8 Å². The van der Waals surface area contributed by atoms with Gasteiger partial charge in [-0.1, -0.05) is 223 Å². The summed E-state index contributed by atoms with van der Waals surface area (Å²) in [6.45, 7) is 4.20. The molecule has 0 aromatic carbocycles. The van der Waals surface area contributed by atoms with Crippen molar-refractivity contribution in [1.29, 1.82) is 0 Å². The lowest BCUT2D eigenvalue weighted by atomic mass is 10.0. The fourth-order valence-electron chi connectivity index (χ4n) is 7.48. The lowest BCUT2D eigenvalue weighted by molar-refractivity contribution is -0.124. The van der Waals surface area contributed by atoms with Crippen LogP contribution in [0.4, 0.5) is 0 Å². The number of allylic oxidation sites excluding steroid dienone is 7. The maximum atomic E-state index is 12.5. The molecule has 0 aliphatic rings. The minimum atomic E-state index is -0.961. The Balaban J connectivity index is 3.65. The average molecular weight is 800 g/mol. The van der Waals surface area contributed by atoms with Crippen molar-refractivity contribution in [3.63, 3.8) is 0 Å². The van der Waals surface area contributed by atoms with Crippen molar-refractivity contribution in [3.05, 3.63) is 48.6 Å². The smallest absolute Gasteiger partial charge is 0.222 e.